The molecule has 1 aliphatic carbocycles. The van der Waals surface area contributed by atoms with Crippen molar-refractivity contribution in [3.63, 3.8) is 0 Å². The van der Waals surface area contributed by atoms with Crippen molar-refractivity contribution in [2.75, 3.05) is 32.8 Å². The van der Waals surface area contributed by atoms with Gasteiger partial charge in [0, 0.05) is 19.3 Å². The largest absolute Gasteiger partial charge is 0.487 e. The third-order valence-electron chi connectivity index (χ3n) is 5.24. The lowest BCUT2D eigenvalue weighted by Gasteiger charge is -2.46. The van der Waals surface area contributed by atoms with Gasteiger partial charge in [-0.15, -0.1) is 0 Å². The Labute approximate surface area is 149 Å². The molecular weight excluding hydrogens is 318 g/mol. The Kier molecular flexibility index (Phi) is 6.26. The van der Waals surface area contributed by atoms with E-state index in [2.05, 4.69) is 15.2 Å². The zero-order chi connectivity index (χ0) is 17.5. The van der Waals surface area contributed by atoms with Crippen LogP contribution in [0.5, 0.6) is 5.75 Å². The maximum Gasteiger partial charge on any atom is 0.240 e. The molecule has 1 aromatic rings. The molecule has 0 radical (unpaired) electrons. The second-order valence-electron chi connectivity index (χ2n) is 7.02. The van der Waals surface area contributed by atoms with E-state index >= 15 is 0 Å². The number of ether oxygens (including phenoxy) is 2. The van der Waals surface area contributed by atoms with Crippen molar-refractivity contribution < 1.29 is 14.3 Å². The van der Waals surface area contributed by atoms with E-state index in [-0.39, 0.29) is 17.6 Å². The van der Waals surface area contributed by atoms with Crippen molar-refractivity contribution in [1.29, 1.82) is 0 Å². The Morgan fingerprint density at radius 2 is 2.12 bits per heavy atom. The van der Waals surface area contributed by atoms with Gasteiger partial charge in [-0.2, -0.15) is 0 Å². The molecule has 1 N–H and O–H groups in total. The van der Waals surface area contributed by atoms with E-state index in [0.717, 1.165) is 57.7 Å². The SMILES string of the molecule is C[C@H](CNC(=O)C1(N2CCOCC2)CCCCC1)Oc1cccnc1. The normalized spacial score (nSPS) is 22.1. The van der Waals surface area contributed by atoms with E-state index < -0.39 is 0 Å². The Morgan fingerprint density at radius 1 is 1.36 bits per heavy atom. The minimum absolute atomic E-state index is 0.0986. The van der Waals surface area contributed by atoms with Gasteiger partial charge in [0.1, 0.15) is 17.4 Å². The molecule has 1 atom stereocenters. The monoisotopic (exact) mass is 347 g/mol. The van der Waals surface area contributed by atoms with E-state index in [4.69, 9.17) is 9.47 Å². The second-order valence-corrected chi connectivity index (χ2v) is 7.02. The third kappa shape index (κ3) is 4.50. The molecule has 3 rings (SSSR count). The van der Waals surface area contributed by atoms with Crippen LogP contribution < -0.4 is 10.1 Å². The summed E-state index contributed by atoms with van der Waals surface area (Å²) in [5.74, 6) is 0.876. The average molecular weight is 347 g/mol. The van der Waals surface area contributed by atoms with Gasteiger partial charge in [0.15, 0.2) is 0 Å². The number of nitrogens with one attached hydrogen (secondary N) is 1. The van der Waals surface area contributed by atoms with Crippen LogP contribution in [0, 0.1) is 0 Å². The number of carbonyl (C=O) groups is 1. The summed E-state index contributed by atoms with van der Waals surface area (Å²) in [5, 5.41) is 3.14. The highest BCUT2D eigenvalue weighted by Crippen LogP contribution is 2.34. The lowest BCUT2D eigenvalue weighted by Crippen LogP contribution is -2.62. The standard InChI is InChI=1S/C19H29N3O3/c1-16(25-17-6-5-9-20-15-17)14-21-18(23)19(7-3-2-4-8-19)22-10-12-24-13-11-22/h5-6,9,15-16H,2-4,7-8,10-14H2,1H3,(H,21,23)/t16-/m1/s1. The van der Waals surface area contributed by atoms with Crippen molar-refractivity contribution >= 4 is 5.91 Å². The van der Waals surface area contributed by atoms with Gasteiger partial charge >= 0.3 is 0 Å². The van der Waals surface area contributed by atoms with Gasteiger partial charge in [-0.1, -0.05) is 19.3 Å². The van der Waals surface area contributed by atoms with Crippen LogP contribution in [0.4, 0.5) is 0 Å². The number of amides is 1. The molecule has 1 aliphatic heterocycles. The first-order valence-corrected chi connectivity index (χ1v) is 9.38. The van der Waals surface area contributed by atoms with Gasteiger partial charge in [0.05, 0.1) is 26.0 Å². The summed E-state index contributed by atoms with van der Waals surface area (Å²) in [6.07, 6.45) is 8.65. The first-order chi connectivity index (χ1) is 12.2. The highest BCUT2D eigenvalue weighted by atomic mass is 16.5. The molecule has 0 aromatic carbocycles. The predicted octanol–water partition coefficient (Wildman–Crippen LogP) is 2.00. The molecule has 1 saturated heterocycles. The van der Waals surface area contributed by atoms with Crippen LogP contribution in [0.1, 0.15) is 39.0 Å². The van der Waals surface area contributed by atoms with E-state index in [0.29, 0.717) is 6.54 Å². The Balaban J connectivity index is 1.58. The number of rotatable bonds is 6. The van der Waals surface area contributed by atoms with Crippen molar-refractivity contribution in [2.45, 2.75) is 50.7 Å². The Bertz CT molecular complexity index is 540. The highest BCUT2D eigenvalue weighted by molar-refractivity contribution is 5.86. The van der Waals surface area contributed by atoms with Crippen LogP contribution >= 0.6 is 0 Å². The fourth-order valence-electron chi connectivity index (χ4n) is 3.91. The van der Waals surface area contributed by atoms with Crippen LogP contribution in [-0.4, -0.2) is 60.3 Å². The number of pyridine rings is 1. The van der Waals surface area contributed by atoms with Crippen LogP contribution in [0.2, 0.25) is 0 Å². The minimum atomic E-state index is -0.365. The summed E-state index contributed by atoms with van der Waals surface area (Å²) in [6.45, 7) is 5.59. The van der Waals surface area contributed by atoms with Gasteiger partial charge in [0.25, 0.3) is 0 Å². The summed E-state index contributed by atoms with van der Waals surface area (Å²) in [5.41, 5.74) is -0.365. The van der Waals surface area contributed by atoms with Gasteiger partial charge in [-0.3, -0.25) is 14.7 Å². The van der Waals surface area contributed by atoms with E-state index in [1.807, 2.05) is 19.1 Å². The minimum Gasteiger partial charge on any atom is -0.487 e. The van der Waals surface area contributed by atoms with Gasteiger partial charge in [0.2, 0.25) is 5.91 Å². The second kappa shape index (κ2) is 8.63. The molecule has 1 amide bonds. The fourth-order valence-corrected chi connectivity index (χ4v) is 3.91. The molecule has 138 valence electrons. The average Bonchev–Trinajstić information content (AvgIpc) is 2.68. The van der Waals surface area contributed by atoms with Crippen LogP contribution in [0.25, 0.3) is 0 Å². The van der Waals surface area contributed by atoms with Crippen molar-refractivity contribution in [2.24, 2.45) is 0 Å². The van der Waals surface area contributed by atoms with Gasteiger partial charge < -0.3 is 14.8 Å². The summed E-state index contributed by atoms with van der Waals surface area (Å²) in [7, 11) is 0. The molecule has 0 bridgehead atoms. The smallest absolute Gasteiger partial charge is 0.240 e. The molecule has 25 heavy (non-hydrogen) atoms. The summed E-state index contributed by atoms with van der Waals surface area (Å²) in [6, 6.07) is 3.72. The van der Waals surface area contributed by atoms with Crippen LogP contribution in [0.3, 0.4) is 0 Å². The molecule has 6 nitrogen and oxygen atoms in total. The molecule has 2 aliphatic rings. The van der Waals surface area contributed by atoms with Crippen molar-refractivity contribution in [1.82, 2.24) is 15.2 Å². The third-order valence-corrected chi connectivity index (χ3v) is 5.24. The first kappa shape index (κ1) is 18.1. The Hall–Kier alpha value is -1.66. The van der Waals surface area contributed by atoms with Gasteiger partial charge in [-0.25, -0.2) is 0 Å². The highest BCUT2D eigenvalue weighted by Gasteiger charge is 2.44. The first-order valence-electron chi connectivity index (χ1n) is 9.38. The van der Waals surface area contributed by atoms with E-state index in [1.165, 1.54) is 6.42 Å². The number of hydrogen-bond donors (Lipinski definition) is 1. The molecule has 1 aromatic heterocycles. The van der Waals surface area contributed by atoms with Crippen LogP contribution in [0.15, 0.2) is 24.5 Å². The molecular formula is C19H29N3O3. The zero-order valence-corrected chi connectivity index (χ0v) is 15.1. The van der Waals surface area contributed by atoms with Crippen LogP contribution in [-0.2, 0) is 9.53 Å². The number of nitrogens with zero attached hydrogens (tertiary/aromatic N) is 2. The maximum atomic E-state index is 13.1. The van der Waals surface area contributed by atoms with E-state index in [9.17, 15) is 4.79 Å². The van der Waals surface area contributed by atoms with Gasteiger partial charge in [-0.05, 0) is 31.9 Å². The molecule has 1 saturated carbocycles. The number of carbonyl (C=O) groups excluding carboxylic acids is 1. The number of aromatic nitrogens is 1. The Morgan fingerprint density at radius 3 is 2.80 bits per heavy atom. The van der Waals surface area contributed by atoms with Crippen molar-refractivity contribution in [3.8, 4) is 5.75 Å². The predicted molar refractivity (Wildman–Crippen MR) is 95.5 cm³/mol. The van der Waals surface area contributed by atoms with Crippen molar-refractivity contribution in [3.05, 3.63) is 24.5 Å². The zero-order valence-electron chi connectivity index (χ0n) is 15.1. The molecule has 2 heterocycles. The molecule has 0 spiro atoms. The topological polar surface area (TPSA) is 63.7 Å². The lowest BCUT2D eigenvalue weighted by molar-refractivity contribution is -0.140. The number of morpholine rings is 1. The fraction of sp³-hybridized carbons (Fsp3) is 0.684. The summed E-state index contributed by atoms with van der Waals surface area (Å²) in [4.78, 5) is 19.5. The maximum absolute atomic E-state index is 13.1. The van der Waals surface area contributed by atoms with E-state index in [1.54, 1.807) is 12.4 Å². The number of hydrogen-bond acceptors (Lipinski definition) is 5. The molecule has 0 unspecified atom stereocenters. The quantitative estimate of drug-likeness (QED) is 0.853. The summed E-state index contributed by atoms with van der Waals surface area (Å²) < 4.78 is 11.3. The molecule has 2 fully saturated rings. The summed E-state index contributed by atoms with van der Waals surface area (Å²) >= 11 is 0. The lowest BCUT2D eigenvalue weighted by atomic mass is 9.79. The molecule has 6 heteroatoms.